The number of nitrogens with zero attached hydrogens (tertiary/aromatic N) is 4. The summed E-state index contributed by atoms with van der Waals surface area (Å²) in [6, 6.07) is 19.2. The summed E-state index contributed by atoms with van der Waals surface area (Å²) in [6.45, 7) is 0. The molecule has 35 heavy (non-hydrogen) atoms. The van der Waals surface area contributed by atoms with Crippen molar-refractivity contribution in [3.8, 4) is 27.1 Å². The van der Waals surface area contributed by atoms with Crippen molar-refractivity contribution in [2.24, 2.45) is 5.73 Å². The Morgan fingerprint density at radius 3 is 2.40 bits per heavy atom. The monoisotopic (exact) mass is 531 g/mol. The van der Waals surface area contributed by atoms with E-state index in [1.54, 1.807) is 23.5 Å². The third-order valence-electron chi connectivity index (χ3n) is 5.67. The lowest BCUT2D eigenvalue weighted by atomic mass is 10.0. The van der Waals surface area contributed by atoms with Crippen LogP contribution < -0.4 is 11.3 Å². The van der Waals surface area contributed by atoms with Gasteiger partial charge in [-0.15, -0.1) is 22.7 Å². The molecule has 0 spiro atoms. The highest BCUT2D eigenvalue weighted by Crippen LogP contribution is 2.45. The van der Waals surface area contributed by atoms with Gasteiger partial charge in [0.1, 0.15) is 11.9 Å². The number of nitrogens with two attached hydrogens (primary N) is 1. The Bertz CT molecular complexity index is 1720. The van der Waals surface area contributed by atoms with Crippen molar-refractivity contribution in [2.75, 3.05) is 0 Å². The Kier molecular flexibility index (Phi) is 5.46. The van der Waals surface area contributed by atoms with Crippen molar-refractivity contribution < 1.29 is 0 Å². The number of hydrogen-bond acceptors (Lipinski definition) is 8. The number of halogens is 1. The van der Waals surface area contributed by atoms with Gasteiger partial charge >= 0.3 is 0 Å². The molecule has 0 aliphatic carbocycles. The molecule has 1 aromatic carbocycles. The lowest BCUT2D eigenvalue weighted by Crippen LogP contribution is -2.31. The molecule has 1 unspecified atom stereocenters. The summed E-state index contributed by atoms with van der Waals surface area (Å²) in [7, 11) is 0. The number of thiophene rings is 2. The molecule has 5 aromatic rings. The lowest BCUT2D eigenvalue weighted by Gasteiger charge is -2.26. The molecule has 4 aromatic heterocycles. The highest BCUT2D eigenvalue weighted by atomic mass is 35.5. The van der Waals surface area contributed by atoms with E-state index in [4.69, 9.17) is 27.3 Å². The predicted molar refractivity (Wildman–Crippen MR) is 143 cm³/mol. The van der Waals surface area contributed by atoms with Gasteiger partial charge in [-0.05, 0) is 46.7 Å². The van der Waals surface area contributed by atoms with Crippen molar-refractivity contribution in [2.45, 2.75) is 10.4 Å². The Balaban J connectivity index is 1.64. The summed E-state index contributed by atoms with van der Waals surface area (Å²) in [5, 5.41) is 14.9. The molecule has 0 saturated carbocycles. The Morgan fingerprint density at radius 1 is 1.03 bits per heavy atom. The van der Waals surface area contributed by atoms with Crippen LogP contribution in [0.15, 0.2) is 80.9 Å². The van der Waals surface area contributed by atoms with Crippen molar-refractivity contribution in [1.82, 2.24) is 14.5 Å². The van der Waals surface area contributed by atoms with E-state index >= 15 is 0 Å². The maximum atomic E-state index is 13.9. The van der Waals surface area contributed by atoms with Gasteiger partial charge in [0.2, 0.25) is 0 Å². The third-order valence-corrected chi connectivity index (χ3v) is 8.94. The minimum Gasteiger partial charge on any atom is -0.384 e. The number of benzene rings is 1. The van der Waals surface area contributed by atoms with Gasteiger partial charge in [0.15, 0.2) is 10.8 Å². The molecule has 1 aliphatic rings. The van der Waals surface area contributed by atoms with Crippen LogP contribution in [0.25, 0.3) is 37.9 Å². The van der Waals surface area contributed by atoms with Crippen LogP contribution in [0.3, 0.4) is 0 Å². The molecule has 1 atom stereocenters. The third kappa shape index (κ3) is 3.66. The molecule has 0 saturated heterocycles. The minimum absolute atomic E-state index is 0.0834. The Labute approximate surface area is 217 Å². The van der Waals surface area contributed by atoms with Crippen LogP contribution >= 0.6 is 46.0 Å². The van der Waals surface area contributed by atoms with E-state index in [1.165, 1.54) is 27.7 Å². The number of rotatable bonds is 3. The average molecular weight is 532 g/mol. The number of aromatic nitrogens is 3. The summed E-state index contributed by atoms with van der Waals surface area (Å²) >= 11 is 10.5. The van der Waals surface area contributed by atoms with E-state index in [2.05, 4.69) is 6.07 Å². The molecular formula is C25H14ClN5OS3. The molecule has 6 rings (SSSR count). The SMILES string of the molecule is N#CC1=C(N)n2c(nc3nc(-c4cccs4)cc(-c4cccs4)c3c2=O)SC1c1ccc(Cl)cc1. The molecule has 6 nitrogen and oxygen atoms in total. The first-order chi connectivity index (χ1) is 17.0. The van der Waals surface area contributed by atoms with E-state index < -0.39 is 5.25 Å². The van der Waals surface area contributed by atoms with Crippen LogP contribution in [0.5, 0.6) is 0 Å². The predicted octanol–water partition coefficient (Wildman–Crippen LogP) is 6.40. The van der Waals surface area contributed by atoms with Crippen molar-refractivity contribution in [3.05, 3.63) is 91.9 Å². The maximum Gasteiger partial charge on any atom is 0.270 e. The topological polar surface area (TPSA) is 97.6 Å². The van der Waals surface area contributed by atoms with Gasteiger partial charge in [-0.2, -0.15) is 5.26 Å². The molecule has 0 radical (unpaired) electrons. The smallest absolute Gasteiger partial charge is 0.270 e. The first kappa shape index (κ1) is 22.1. The molecule has 0 bridgehead atoms. The van der Waals surface area contributed by atoms with Gasteiger partial charge in [0.05, 0.1) is 26.8 Å². The molecule has 1 aliphatic heterocycles. The van der Waals surface area contributed by atoms with Crippen LogP contribution in [0, 0.1) is 11.3 Å². The van der Waals surface area contributed by atoms with E-state index in [-0.39, 0.29) is 11.4 Å². The quantitative estimate of drug-likeness (QED) is 0.270. The summed E-state index contributed by atoms with van der Waals surface area (Å²) in [4.78, 5) is 25.4. The molecule has 0 fully saturated rings. The van der Waals surface area contributed by atoms with E-state index in [1.807, 2.05) is 53.2 Å². The highest BCUT2D eigenvalue weighted by molar-refractivity contribution is 7.99. The standard InChI is InChI=1S/C25H14ClN5OS3/c26-14-7-5-13(6-8-14)21-16(12-27)22(28)31-24(32)20-15(18-3-1-9-33-18)11-17(19-4-2-10-34-19)29-23(20)30-25(31)35-21/h1-11,21H,28H2. The van der Waals surface area contributed by atoms with Gasteiger partial charge in [0, 0.05) is 15.5 Å². The van der Waals surface area contributed by atoms with Gasteiger partial charge < -0.3 is 5.73 Å². The van der Waals surface area contributed by atoms with E-state index in [0.717, 1.165) is 26.6 Å². The Hall–Kier alpha value is -3.42. The summed E-state index contributed by atoms with van der Waals surface area (Å²) in [5.41, 5.74) is 9.11. The number of hydrogen-bond donors (Lipinski definition) is 1. The maximum absolute atomic E-state index is 13.9. The van der Waals surface area contributed by atoms with Gasteiger partial charge in [0.25, 0.3) is 5.56 Å². The summed E-state index contributed by atoms with van der Waals surface area (Å²) in [5.74, 6) is 0.0834. The fraction of sp³-hybridized carbons (Fsp3) is 0.0400. The first-order valence-electron chi connectivity index (χ1n) is 10.4. The average Bonchev–Trinajstić information content (AvgIpc) is 3.58. The largest absolute Gasteiger partial charge is 0.384 e. The summed E-state index contributed by atoms with van der Waals surface area (Å²) in [6.07, 6.45) is 0. The van der Waals surface area contributed by atoms with Gasteiger partial charge in [-0.25, -0.2) is 14.5 Å². The second-order valence-corrected chi connectivity index (χ2v) is 11.1. The van der Waals surface area contributed by atoms with Crippen LogP contribution in [0.2, 0.25) is 5.02 Å². The van der Waals surface area contributed by atoms with Crippen LogP contribution in [-0.4, -0.2) is 14.5 Å². The lowest BCUT2D eigenvalue weighted by molar-refractivity contribution is 0.797. The van der Waals surface area contributed by atoms with Crippen molar-refractivity contribution >= 4 is 62.9 Å². The number of pyridine rings is 1. The Morgan fingerprint density at radius 2 is 1.74 bits per heavy atom. The van der Waals surface area contributed by atoms with Gasteiger partial charge in [-0.1, -0.05) is 47.6 Å². The van der Waals surface area contributed by atoms with Crippen LogP contribution in [0.1, 0.15) is 10.8 Å². The molecule has 0 amide bonds. The van der Waals surface area contributed by atoms with E-state index in [0.29, 0.717) is 26.8 Å². The number of fused-ring (bicyclic) bond motifs is 2. The number of thioether (sulfide) groups is 1. The van der Waals surface area contributed by atoms with Gasteiger partial charge in [-0.3, -0.25) is 4.79 Å². The second kappa shape index (κ2) is 8.66. The first-order valence-corrected chi connectivity index (χ1v) is 13.4. The molecular weight excluding hydrogens is 518 g/mol. The zero-order chi connectivity index (χ0) is 24.1. The number of nitriles is 1. The molecule has 5 heterocycles. The molecule has 170 valence electrons. The second-order valence-electron chi connectivity index (χ2n) is 7.70. The van der Waals surface area contributed by atoms with Crippen molar-refractivity contribution in [3.63, 3.8) is 0 Å². The highest BCUT2D eigenvalue weighted by Gasteiger charge is 2.32. The van der Waals surface area contributed by atoms with Crippen LogP contribution in [0.4, 0.5) is 0 Å². The molecule has 2 N–H and O–H groups in total. The molecule has 10 heteroatoms. The van der Waals surface area contributed by atoms with E-state index in [9.17, 15) is 10.1 Å². The zero-order valence-electron chi connectivity index (χ0n) is 17.8. The minimum atomic E-state index is -0.418. The van der Waals surface area contributed by atoms with Crippen molar-refractivity contribution in [1.29, 1.82) is 5.26 Å². The zero-order valence-corrected chi connectivity index (χ0v) is 21.0. The fourth-order valence-corrected chi connectivity index (χ4v) is 6.82. The normalized spacial score (nSPS) is 15.3. The fourth-order valence-electron chi connectivity index (χ4n) is 4.04. The summed E-state index contributed by atoms with van der Waals surface area (Å²) < 4.78 is 1.33. The van der Waals surface area contributed by atoms with Crippen LogP contribution in [-0.2, 0) is 0 Å².